The van der Waals surface area contributed by atoms with E-state index in [0.29, 0.717) is 35.3 Å². The van der Waals surface area contributed by atoms with Crippen molar-refractivity contribution < 1.29 is 22.7 Å². The van der Waals surface area contributed by atoms with Gasteiger partial charge in [0.05, 0.1) is 23.1 Å². The number of rotatable bonds is 3. The van der Waals surface area contributed by atoms with E-state index in [1.165, 1.54) is 12.1 Å². The minimum Gasteiger partial charge on any atom is -0.486 e. The van der Waals surface area contributed by atoms with Crippen LogP contribution in [0.5, 0.6) is 5.75 Å². The number of benzene rings is 2. The summed E-state index contributed by atoms with van der Waals surface area (Å²) in [6.45, 7) is 0. The molecule has 1 saturated carbocycles. The number of nitrogens with zero attached hydrogens (tertiary/aromatic N) is 1. The van der Waals surface area contributed by atoms with Crippen LogP contribution in [-0.2, 0) is 6.18 Å². The highest BCUT2D eigenvalue weighted by Gasteiger charge is 2.52. The maximum Gasteiger partial charge on any atom is 0.416 e. The Kier molecular flexibility index (Phi) is 4.41. The van der Waals surface area contributed by atoms with Crippen molar-refractivity contribution in [2.75, 3.05) is 0 Å². The molecule has 1 unspecified atom stereocenters. The van der Waals surface area contributed by atoms with E-state index >= 15 is 0 Å². The van der Waals surface area contributed by atoms with Crippen molar-refractivity contribution in [3.8, 4) is 22.9 Å². The van der Waals surface area contributed by atoms with Crippen molar-refractivity contribution >= 4 is 5.78 Å². The van der Waals surface area contributed by atoms with Gasteiger partial charge in [0, 0.05) is 6.42 Å². The van der Waals surface area contributed by atoms with E-state index in [9.17, 15) is 18.0 Å². The third-order valence-electron chi connectivity index (χ3n) is 5.80. The summed E-state index contributed by atoms with van der Waals surface area (Å²) in [5, 5.41) is 8.90. The number of alkyl halides is 3. The third-order valence-corrected chi connectivity index (χ3v) is 5.80. The topological polar surface area (TPSA) is 50.1 Å². The van der Waals surface area contributed by atoms with Gasteiger partial charge in [0.1, 0.15) is 11.4 Å². The fraction of sp³-hybridized carbons (Fsp3) is 0.364. The highest BCUT2D eigenvalue weighted by molar-refractivity contribution is 6.02. The summed E-state index contributed by atoms with van der Waals surface area (Å²) in [6, 6.07) is 12.2. The zero-order valence-electron chi connectivity index (χ0n) is 15.1. The van der Waals surface area contributed by atoms with E-state index in [1.807, 2.05) is 0 Å². The Bertz CT molecular complexity index is 953. The SMILES string of the molecule is N#CCCC1C(=O)c2ccc(-c3ccc(C(F)(F)F)cc3)cc2OC12CCC2. The van der Waals surface area contributed by atoms with Crippen LogP contribution in [-0.4, -0.2) is 11.4 Å². The summed E-state index contributed by atoms with van der Waals surface area (Å²) in [6.07, 6.45) is -1.06. The monoisotopic (exact) mass is 385 g/mol. The number of hydrogen-bond donors (Lipinski definition) is 0. The van der Waals surface area contributed by atoms with Crippen molar-refractivity contribution in [1.29, 1.82) is 5.26 Å². The molecule has 0 aromatic heterocycles. The number of ketones is 1. The minimum absolute atomic E-state index is 0.00447. The Hall–Kier alpha value is -2.81. The number of nitriles is 1. The molecule has 2 aliphatic rings. The lowest BCUT2D eigenvalue weighted by atomic mass is 9.65. The zero-order valence-corrected chi connectivity index (χ0v) is 15.1. The smallest absolute Gasteiger partial charge is 0.416 e. The van der Waals surface area contributed by atoms with Crippen molar-refractivity contribution in [1.82, 2.24) is 0 Å². The van der Waals surface area contributed by atoms with Gasteiger partial charge in [-0.1, -0.05) is 18.2 Å². The van der Waals surface area contributed by atoms with Crippen molar-refractivity contribution in [2.24, 2.45) is 5.92 Å². The maximum atomic E-state index is 13.0. The molecule has 28 heavy (non-hydrogen) atoms. The molecule has 0 amide bonds. The first-order chi connectivity index (χ1) is 13.3. The van der Waals surface area contributed by atoms with Crippen LogP contribution in [0, 0.1) is 17.2 Å². The Morgan fingerprint density at radius 2 is 1.79 bits per heavy atom. The van der Waals surface area contributed by atoms with Gasteiger partial charge in [-0.3, -0.25) is 4.79 Å². The van der Waals surface area contributed by atoms with Gasteiger partial charge in [0.25, 0.3) is 0 Å². The predicted octanol–water partition coefficient (Wildman–Crippen LogP) is 5.79. The fourth-order valence-electron chi connectivity index (χ4n) is 4.14. The molecule has 0 saturated heterocycles. The molecular weight excluding hydrogens is 367 g/mol. The molecule has 1 fully saturated rings. The van der Waals surface area contributed by atoms with Gasteiger partial charge in [-0.15, -0.1) is 0 Å². The lowest BCUT2D eigenvalue weighted by Crippen LogP contribution is -2.55. The summed E-state index contributed by atoms with van der Waals surface area (Å²) in [4.78, 5) is 13.0. The van der Waals surface area contributed by atoms with Gasteiger partial charge in [-0.2, -0.15) is 18.4 Å². The van der Waals surface area contributed by atoms with E-state index in [-0.39, 0.29) is 11.7 Å². The second-order valence-corrected chi connectivity index (χ2v) is 7.42. The largest absolute Gasteiger partial charge is 0.486 e. The first-order valence-corrected chi connectivity index (χ1v) is 9.26. The average molecular weight is 385 g/mol. The van der Waals surface area contributed by atoms with Crippen LogP contribution < -0.4 is 4.74 Å². The molecule has 6 heteroatoms. The summed E-state index contributed by atoms with van der Waals surface area (Å²) >= 11 is 0. The second-order valence-electron chi connectivity index (χ2n) is 7.42. The van der Waals surface area contributed by atoms with Crippen LogP contribution in [0.2, 0.25) is 0 Å². The van der Waals surface area contributed by atoms with Crippen LogP contribution >= 0.6 is 0 Å². The van der Waals surface area contributed by atoms with Gasteiger partial charge >= 0.3 is 6.18 Å². The number of carbonyl (C=O) groups is 1. The van der Waals surface area contributed by atoms with Crippen LogP contribution in [0.4, 0.5) is 13.2 Å². The molecule has 144 valence electrons. The molecule has 1 heterocycles. The lowest BCUT2D eigenvalue weighted by Gasteiger charge is -2.49. The summed E-state index contributed by atoms with van der Waals surface area (Å²) in [5.41, 5.74) is 0.566. The van der Waals surface area contributed by atoms with Gasteiger partial charge in [-0.05, 0) is 61.1 Å². The van der Waals surface area contributed by atoms with Gasteiger partial charge in [0.2, 0.25) is 0 Å². The highest BCUT2D eigenvalue weighted by Crippen LogP contribution is 2.50. The second kappa shape index (κ2) is 6.66. The number of carbonyl (C=O) groups excluding carboxylic acids is 1. The number of fused-ring (bicyclic) bond motifs is 1. The lowest BCUT2D eigenvalue weighted by molar-refractivity contribution is -0.137. The zero-order chi connectivity index (χ0) is 19.9. The molecule has 1 aliphatic heterocycles. The first-order valence-electron chi connectivity index (χ1n) is 9.26. The van der Waals surface area contributed by atoms with E-state index < -0.39 is 17.3 Å². The van der Waals surface area contributed by atoms with Gasteiger partial charge < -0.3 is 4.74 Å². The molecule has 0 N–H and O–H groups in total. The minimum atomic E-state index is -4.38. The summed E-state index contributed by atoms with van der Waals surface area (Å²) in [7, 11) is 0. The van der Waals surface area contributed by atoms with Crippen molar-refractivity contribution in [3.63, 3.8) is 0 Å². The van der Waals surface area contributed by atoms with E-state index in [2.05, 4.69) is 6.07 Å². The Morgan fingerprint density at radius 3 is 2.36 bits per heavy atom. The number of halogens is 3. The van der Waals surface area contributed by atoms with Crippen LogP contribution in [0.3, 0.4) is 0 Å². The molecule has 0 radical (unpaired) electrons. The molecule has 1 atom stereocenters. The first kappa shape index (κ1) is 18.5. The number of Topliss-reactive ketones (excluding diaryl/α,β-unsaturated/α-hetero) is 1. The van der Waals surface area contributed by atoms with Crippen molar-refractivity contribution in [2.45, 2.75) is 43.9 Å². The van der Waals surface area contributed by atoms with Gasteiger partial charge in [-0.25, -0.2) is 0 Å². The van der Waals surface area contributed by atoms with Crippen LogP contribution in [0.25, 0.3) is 11.1 Å². The molecule has 4 rings (SSSR count). The number of ether oxygens (including phenoxy) is 1. The van der Waals surface area contributed by atoms with Gasteiger partial charge in [0.15, 0.2) is 5.78 Å². The predicted molar refractivity (Wildman–Crippen MR) is 96.8 cm³/mol. The van der Waals surface area contributed by atoms with Crippen LogP contribution in [0.15, 0.2) is 42.5 Å². The molecule has 0 bridgehead atoms. The highest BCUT2D eigenvalue weighted by atomic mass is 19.4. The molecular formula is C22H18F3NO2. The van der Waals surface area contributed by atoms with E-state index in [0.717, 1.165) is 31.4 Å². The molecule has 1 aliphatic carbocycles. The Labute approximate surface area is 160 Å². The fourth-order valence-corrected chi connectivity index (χ4v) is 4.14. The Morgan fingerprint density at radius 1 is 1.11 bits per heavy atom. The van der Waals surface area contributed by atoms with E-state index in [1.54, 1.807) is 18.2 Å². The average Bonchev–Trinajstić information content (AvgIpc) is 2.65. The molecule has 3 nitrogen and oxygen atoms in total. The normalized spacial score (nSPS) is 20.1. The number of hydrogen-bond acceptors (Lipinski definition) is 3. The Balaban J connectivity index is 1.67. The van der Waals surface area contributed by atoms with Crippen molar-refractivity contribution in [3.05, 3.63) is 53.6 Å². The van der Waals surface area contributed by atoms with E-state index in [4.69, 9.17) is 10.00 Å². The molecule has 2 aromatic rings. The standard InChI is InChI=1S/C22H18F3NO2/c23-22(24,25)16-7-4-14(5-8-16)15-6-9-17-19(13-15)28-21(10-2-11-21)18(20(17)27)3-1-12-26/h4-9,13,18H,1-3,10-11H2. The summed E-state index contributed by atoms with van der Waals surface area (Å²) in [5.74, 6) is 0.163. The van der Waals surface area contributed by atoms with Crippen LogP contribution in [0.1, 0.15) is 48.0 Å². The quantitative estimate of drug-likeness (QED) is 0.672. The maximum absolute atomic E-state index is 13.0. The molecule has 2 aromatic carbocycles. The summed E-state index contributed by atoms with van der Waals surface area (Å²) < 4.78 is 44.6. The third kappa shape index (κ3) is 3.05. The molecule has 1 spiro atoms.